The fourth-order valence-corrected chi connectivity index (χ4v) is 1.19. The SMILES string of the molecule is NC(=O)[CH]c1ccc(Cl)cc1C(N)=O. The first kappa shape index (κ1) is 10.5. The average molecular weight is 212 g/mol. The van der Waals surface area contributed by atoms with Crippen LogP contribution in [0.4, 0.5) is 0 Å². The van der Waals surface area contributed by atoms with Crippen LogP contribution < -0.4 is 11.5 Å². The van der Waals surface area contributed by atoms with Gasteiger partial charge in [-0.2, -0.15) is 0 Å². The molecule has 0 aromatic heterocycles. The zero-order valence-electron chi connectivity index (χ0n) is 7.16. The predicted molar refractivity (Wildman–Crippen MR) is 52.6 cm³/mol. The van der Waals surface area contributed by atoms with E-state index in [0.717, 1.165) is 6.42 Å². The minimum atomic E-state index is -0.653. The molecule has 0 aliphatic carbocycles. The molecule has 0 aliphatic rings. The van der Waals surface area contributed by atoms with Crippen LogP contribution in [0.25, 0.3) is 0 Å². The van der Waals surface area contributed by atoms with Crippen molar-refractivity contribution in [3.63, 3.8) is 0 Å². The summed E-state index contributed by atoms with van der Waals surface area (Å²) in [6, 6.07) is 4.44. The second-order valence-electron chi connectivity index (χ2n) is 2.64. The molecule has 1 rings (SSSR count). The van der Waals surface area contributed by atoms with Crippen LogP contribution in [-0.2, 0) is 4.79 Å². The molecule has 4 N–H and O–H groups in total. The lowest BCUT2D eigenvalue weighted by Gasteiger charge is -2.04. The number of primary amides is 2. The first-order valence-electron chi connectivity index (χ1n) is 3.74. The van der Waals surface area contributed by atoms with Gasteiger partial charge in [0.25, 0.3) is 0 Å². The van der Waals surface area contributed by atoms with E-state index >= 15 is 0 Å². The van der Waals surface area contributed by atoms with E-state index in [0.29, 0.717) is 10.6 Å². The van der Waals surface area contributed by atoms with E-state index < -0.39 is 11.8 Å². The fraction of sp³-hybridized carbons (Fsp3) is 0. The Morgan fingerprint density at radius 1 is 1.29 bits per heavy atom. The number of nitrogens with two attached hydrogens (primary N) is 2. The summed E-state index contributed by atoms with van der Waals surface area (Å²) in [4.78, 5) is 21.6. The summed E-state index contributed by atoms with van der Waals surface area (Å²) < 4.78 is 0. The third kappa shape index (κ3) is 2.47. The van der Waals surface area contributed by atoms with Gasteiger partial charge in [-0.1, -0.05) is 17.7 Å². The van der Waals surface area contributed by atoms with E-state index in [1.807, 2.05) is 0 Å². The van der Waals surface area contributed by atoms with Gasteiger partial charge < -0.3 is 11.5 Å². The first-order valence-corrected chi connectivity index (χ1v) is 4.12. The van der Waals surface area contributed by atoms with Crippen LogP contribution in [0, 0.1) is 6.42 Å². The second kappa shape index (κ2) is 4.11. The Balaban J connectivity index is 3.14. The molecule has 73 valence electrons. The molecule has 0 bridgehead atoms. The molecule has 1 aromatic rings. The van der Waals surface area contributed by atoms with E-state index in [4.69, 9.17) is 23.1 Å². The maximum Gasteiger partial charge on any atom is 0.249 e. The van der Waals surface area contributed by atoms with Crippen molar-refractivity contribution in [1.82, 2.24) is 0 Å². The Kier molecular flexibility index (Phi) is 3.09. The van der Waals surface area contributed by atoms with Crippen molar-refractivity contribution in [3.8, 4) is 0 Å². The highest BCUT2D eigenvalue weighted by Gasteiger charge is 2.10. The van der Waals surface area contributed by atoms with Gasteiger partial charge >= 0.3 is 0 Å². The quantitative estimate of drug-likeness (QED) is 0.762. The monoisotopic (exact) mass is 211 g/mol. The number of amides is 2. The van der Waals surface area contributed by atoms with Gasteiger partial charge in [-0.15, -0.1) is 0 Å². The van der Waals surface area contributed by atoms with Crippen LogP contribution in [0.15, 0.2) is 18.2 Å². The van der Waals surface area contributed by atoms with Crippen molar-refractivity contribution in [2.45, 2.75) is 0 Å². The Hall–Kier alpha value is -1.55. The molecular weight excluding hydrogens is 204 g/mol. The van der Waals surface area contributed by atoms with E-state index in [9.17, 15) is 9.59 Å². The van der Waals surface area contributed by atoms with Gasteiger partial charge in [0.1, 0.15) is 0 Å². The number of hydrogen-bond acceptors (Lipinski definition) is 2. The van der Waals surface area contributed by atoms with Crippen LogP contribution >= 0.6 is 11.6 Å². The number of hydrogen-bond donors (Lipinski definition) is 2. The zero-order valence-corrected chi connectivity index (χ0v) is 7.91. The van der Waals surface area contributed by atoms with Gasteiger partial charge in [0.15, 0.2) is 0 Å². The second-order valence-corrected chi connectivity index (χ2v) is 3.08. The van der Waals surface area contributed by atoms with E-state index in [-0.39, 0.29) is 5.56 Å². The highest BCUT2D eigenvalue weighted by Crippen LogP contribution is 2.16. The lowest BCUT2D eigenvalue weighted by atomic mass is 10.0. The molecule has 1 aromatic carbocycles. The lowest BCUT2D eigenvalue weighted by molar-refractivity contribution is -0.114. The van der Waals surface area contributed by atoms with Crippen molar-refractivity contribution >= 4 is 23.4 Å². The smallest absolute Gasteiger partial charge is 0.249 e. The first-order chi connectivity index (χ1) is 6.50. The summed E-state index contributed by atoms with van der Waals surface area (Å²) in [5, 5.41) is 0.375. The highest BCUT2D eigenvalue weighted by molar-refractivity contribution is 6.31. The Morgan fingerprint density at radius 2 is 1.93 bits per heavy atom. The summed E-state index contributed by atoms with van der Waals surface area (Å²) >= 11 is 5.66. The molecule has 0 unspecified atom stereocenters. The lowest BCUT2D eigenvalue weighted by Crippen LogP contribution is -2.17. The maximum absolute atomic E-state index is 10.9. The van der Waals surface area contributed by atoms with Crippen LogP contribution in [0.5, 0.6) is 0 Å². The summed E-state index contributed by atoms with van der Waals surface area (Å²) in [7, 11) is 0. The summed E-state index contributed by atoms with van der Waals surface area (Å²) in [6.45, 7) is 0. The molecule has 0 heterocycles. The summed E-state index contributed by atoms with van der Waals surface area (Å²) in [6.07, 6.45) is 1.12. The molecule has 0 atom stereocenters. The molecule has 0 saturated carbocycles. The normalized spacial score (nSPS) is 9.79. The van der Waals surface area contributed by atoms with Crippen LogP contribution in [-0.4, -0.2) is 11.8 Å². The van der Waals surface area contributed by atoms with Crippen molar-refractivity contribution in [2.75, 3.05) is 0 Å². The van der Waals surface area contributed by atoms with E-state index in [1.165, 1.54) is 12.1 Å². The van der Waals surface area contributed by atoms with Gasteiger partial charge in [-0.3, -0.25) is 9.59 Å². The molecule has 1 radical (unpaired) electrons. The number of benzene rings is 1. The summed E-state index contributed by atoms with van der Waals surface area (Å²) in [5.41, 5.74) is 10.6. The standard InChI is InChI=1S/C9H8ClN2O2/c10-6-2-1-5(3-8(11)13)7(4-6)9(12)14/h1-4H,(H2,11,13)(H2,12,14). The summed E-state index contributed by atoms with van der Waals surface area (Å²) in [5.74, 6) is -1.30. The van der Waals surface area contributed by atoms with Gasteiger partial charge in [-0.25, -0.2) is 0 Å². The molecule has 0 spiro atoms. The molecule has 0 aliphatic heterocycles. The van der Waals surface area contributed by atoms with Crippen molar-refractivity contribution in [1.29, 1.82) is 0 Å². The largest absolute Gasteiger partial charge is 0.369 e. The van der Waals surface area contributed by atoms with Crippen molar-refractivity contribution in [2.24, 2.45) is 11.5 Å². The van der Waals surface area contributed by atoms with Gasteiger partial charge in [0.2, 0.25) is 11.8 Å². The molecule has 14 heavy (non-hydrogen) atoms. The predicted octanol–water partition coefficient (Wildman–Crippen LogP) is 0.477. The van der Waals surface area contributed by atoms with E-state index in [2.05, 4.69) is 0 Å². The highest BCUT2D eigenvalue weighted by atomic mass is 35.5. The van der Waals surface area contributed by atoms with Crippen LogP contribution in [0.3, 0.4) is 0 Å². The molecule has 0 saturated heterocycles. The van der Waals surface area contributed by atoms with Gasteiger partial charge in [-0.05, 0) is 17.7 Å². The Morgan fingerprint density at radius 3 is 2.43 bits per heavy atom. The third-order valence-corrected chi connectivity index (χ3v) is 1.81. The number of carbonyl (C=O) groups excluding carboxylic acids is 2. The minimum Gasteiger partial charge on any atom is -0.369 e. The maximum atomic E-state index is 10.9. The van der Waals surface area contributed by atoms with E-state index in [1.54, 1.807) is 6.07 Å². The molecule has 0 fully saturated rings. The topological polar surface area (TPSA) is 86.2 Å². The molecule has 2 amide bonds. The zero-order chi connectivity index (χ0) is 10.7. The van der Waals surface area contributed by atoms with Crippen LogP contribution in [0.1, 0.15) is 15.9 Å². The van der Waals surface area contributed by atoms with Gasteiger partial charge in [0.05, 0.1) is 6.42 Å². The number of rotatable bonds is 3. The number of halogens is 1. The molecular formula is C9H8ClN2O2. The van der Waals surface area contributed by atoms with Crippen LogP contribution in [0.2, 0.25) is 5.02 Å². The Labute approximate surface area is 85.8 Å². The Bertz CT molecular complexity index is 390. The van der Waals surface area contributed by atoms with Crippen molar-refractivity contribution in [3.05, 3.63) is 40.8 Å². The fourth-order valence-electron chi connectivity index (χ4n) is 1.02. The molecule has 4 nitrogen and oxygen atoms in total. The minimum absolute atomic E-state index is 0.177. The third-order valence-electron chi connectivity index (χ3n) is 1.58. The number of carbonyl (C=O) groups is 2. The van der Waals surface area contributed by atoms with Crippen molar-refractivity contribution < 1.29 is 9.59 Å². The molecule has 5 heteroatoms. The van der Waals surface area contributed by atoms with Gasteiger partial charge in [0, 0.05) is 10.6 Å². The average Bonchev–Trinajstić information content (AvgIpc) is 2.07.